The average Bonchev–Trinajstić information content (AvgIpc) is 2.36. The Morgan fingerprint density at radius 2 is 1.82 bits per heavy atom. The van der Waals surface area contributed by atoms with Gasteiger partial charge in [0, 0.05) is 50.4 Å². The highest BCUT2D eigenvalue weighted by atomic mass is 15.3. The second kappa shape index (κ2) is 5.58. The molecule has 0 radical (unpaired) electrons. The molecule has 1 fully saturated rings. The van der Waals surface area contributed by atoms with Crippen molar-refractivity contribution in [3.63, 3.8) is 0 Å². The Morgan fingerprint density at radius 3 is 2.24 bits per heavy atom. The van der Waals surface area contributed by atoms with Crippen molar-refractivity contribution in [2.45, 2.75) is 26.3 Å². The minimum Gasteiger partial charge on any atom is -0.392 e. The van der Waals surface area contributed by atoms with Gasteiger partial charge in [0.15, 0.2) is 0 Å². The van der Waals surface area contributed by atoms with Crippen LogP contribution in [0.2, 0.25) is 0 Å². The van der Waals surface area contributed by atoms with Gasteiger partial charge in [-0.25, -0.2) is 0 Å². The van der Waals surface area contributed by atoms with Crippen LogP contribution >= 0.6 is 0 Å². The smallest absolute Gasteiger partial charge is 0.0300 e. The number of nitrogens with zero attached hydrogens (tertiary/aromatic N) is 2. The summed E-state index contributed by atoms with van der Waals surface area (Å²) >= 11 is 0. The molecule has 1 N–H and O–H groups in total. The molecule has 0 aromatic rings. The van der Waals surface area contributed by atoms with Crippen LogP contribution in [0.1, 0.15) is 20.8 Å². The Balaban J connectivity index is 2.65. The van der Waals surface area contributed by atoms with Crippen molar-refractivity contribution in [3.05, 3.63) is 25.1 Å². The van der Waals surface area contributed by atoms with Crippen LogP contribution in [0.5, 0.6) is 0 Å². The standard InChI is InChI=1S/C14H27N3/c1-7-16-8-10-17(11-9-16)14(4,5)12(2)13(3)15-6/h7,12,15H,1,3,8-11H2,2,4-6H3. The minimum atomic E-state index is 0.146. The first-order valence-corrected chi connectivity index (χ1v) is 6.41. The quantitative estimate of drug-likeness (QED) is 0.788. The largest absolute Gasteiger partial charge is 0.392 e. The fourth-order valence-corrected chi connectivity index (χ4v) is 2.40. The summed E-state index contributed by atoms with van der Waals surface area (Å²) in [4.78, 5) is 4.84. The molecule has 1 rings (SSSR count). The van der Waals surface area contributed by atoms with E-state index in [4.69, 9.17) is 0 Å². The first-order chi connectivity index (χ1) is 7.93. The molecule has 1 heterocycles. The number of piperazine rings is 1. The van der Waals surface area contributed by atoms with Crippen molar-refractivity contribution in [3.8, 4) is 0 Å². The van der Waals surface area contributed by atoms with Crippen LogP contribution < -0.4 is 5.32 Å². The molecule has 1 aliphatic rings. The maximum absolute atomic E-state index is 4.10. The molecule has 17 heavy (non-hydrogen) atoms. The van der Waals surface area contributed by atoms with Gasteiger partial charge in [-0.1, -0.05) is 20.1 Å². The third-order valence-corrected chi connectivity index (χ3v) is 4.29. The highest BCUT2D eigenvalue weighted by molar-refractivity contribution is 5.06. The van der Waals surface area contributed by atoms with E-state index in [1.807, 2.05) is 13.2 Å². The van der Waals surface area contributed by atoms with E-state index in [9.17, 15) is 0 Å². The second-order valence-corrected chi connectivity index (χ2v) is 5.36. The summed E-state index contributed by atoms with van der Waals surface area (Å²) in [7, 11) is 1.95. The Hall–Kier alpha value is -0.960. The predicted molar refractivity (Wildman–Crippen MR) is 74.8 cm³/mol. The van der Waals surface area contributed by atoms with E-state index in [-0.39, 0.29) is 5.54 Å². The van der Waals surface area contributed by atoms with E-state index in [0.717, 1.165) is 31.9 Å². The molecular formula is C14H27N3. The van der Waals surface area contributed by atoms with E-state index in [1.54, 1.807) is 0 Å². The molecule has 0 amide bonds. The first kappa shape index (κ1) is 14.1. The van der Waals surface area contributed by atoms with E-state index < -0.39 is 0 Å². The lowest BCUT2D eigenvalue weighted by Crippen LogP contribution is -2.56. The summed E-state index contributed by atoms with van der Waals surface area (Å²) in [5.41, 5.74) is 1.26. The van der Waals surface area contributed by atoms with Gasteiger partial charge in [0.05, 0.1) is 0 Å². The van der Waals surface area contributed by atoms with Crippen molar-refractivity contribution in [2.75, 3.05) is 33.2 Å². The molecule has 98 valence electrons. The molecule has 1 aliphatic heterocycles. The summed E-state index contributed by atoms with van der Waals surface area (Å²) in [6.45, 7) is 19.1. The lowest BCUT2D eigenvalue weighted by molar-refractivity contribution is 0.0418. The lowest BCUT2D eigenvalue weighted by atomic mass is 9.84. The van der Waals surface area contributed by atoms with Gasteiger partial charge in [0.1, 0.15) is 0 Å². The summed E-state index contributed by atoms with van der Waals surface area (Å²) < 4.78 is 0. The van der Waals surface area contributed by atoms with Gasteiger partial charge in [-0.2, -0.15) is 0 Å². The van der Waals surface area contributed by atoms with Crippen LogP contribution in [0, 0.1) is 5.92 Å². The zero-order chi connectivity index (χ0) is 13.1. The van der Waals surface area contributed by atoms with E-state index in [1.165, 1.54) is 0 Å². The van der Waals surface area contributed by atoms with E-state index >= 15 is 0 Å². The van der Waals surface area contributed by atoms with Crippen LogP contribution in [-0.4, -0.2) is 48.6 Å². The maximum atomic E-state index is 4.10. The maximum Gasteiger partial charge on any atom is 0.0300 e. The number of hydrogen-bond donors (Lipinski definition) is 1. The van der Waals surface area contributed by atoms with Crippen molar-refractivity contribution < 1.29 is 0 Å². The van der Waals surface area contributed by atoms with Crippen LogP contribution in [-0.2, 0) is 0 Å². The molecule has 1 atom stereocenters. The third kappa shape index (κ3) is 3.03. The van der Waals surface area contributed by atoms with E-state index in [2.05, 4.69) is 49.0 Å². The van der Waals surface area contributed by atoms with Crippen molar-refractivity contribution in [1.82, 2.24) is 15.1 Å². The lowest BCUT2D eigenvalue weighted by Gasteiger charge is -2.47. The van der Waals surface area contributed by atoms with Crippen LogP contribution in [0.3, 0.4) is 0 Å². The van der Waals surface area contributed by atoms with Crippen LogP contribution in [0.15, 0.2) is 25.1 Å². The third-order valence-electron chi connectivity index (χ3n) is 4.29. The van der Waals surface area contributed by atoms with Crippen molar-refractivity contribution in [2.24, 2.45) is 5.92 Å². The Kier molecular flexibility index (Phi) is 4.63. The molecule has 0 bridgehead atoms. The van der Waals surface area contributed by atoms with Gasteiger partial charge in [0.2, 0.25) is 0 Å². The summed E-state index contributed by atoms with van der Waals surface area (Å²) in [6.07, 6.45) is 1.94. The fraction of sp³-hybridized carbons (Fsp3) is 0.714. The number of rotatable bonds is 5. The summed E-state index contributed by atoms with van der Waals surface area (Å²) in [5, 5.41) is 3.18. The molecule has 0 aliphatic carbocycles. The van der Waals surface area contributed by atoms with Gasteiger partial charge < -0.3 is 10.2 Å². The van der Waals surface area contributed by atoms with E-state index in [0.29, 0.717) is 5.92 Å². The minimum absolute atomic E-state index is 0.146. The molecule has 1 saturated heterocycles. The number of nitrogens with one attached hydrogen (secondary N) is 1. The molecule has 0 aromatic carbocycles. The Bertz CT molecular complexity index is 275. The van der Waals surface area contributed by atoms with Crippen molar-refractivity contribution >= 4 is 0 Å². The molecule has 0 aromatic heterocycles. The molecule has 0 spiro atoms. The zero-order valence-electron chi connectivity index (χ0n) is 11.8. The number of hydrogen-bond acceptors (Lipinski definition) is 3. The molecule has 3 heteroatoms. The molecule has 3 nitrogen and oxygen atoms in total. The van der Waals surface area contributed by atoms with Gasteiger partial charge in [0.25, 0.3) is 0 Å². The molecule has 1 unspecified atom stereocenters. The summed E-state index contributed by atoms with van der Waals surface area (Å²) in [5.74, 6) is 0.433. The highest BCUT2D eigenvalue weighted by Gasteiger charge is 2.35. The van der Waals surface area contributed by atoms with Gasteiger partial charge >= 0.3 is 0 Å². The Morgan fingerprint density at radius 1 is 1.29 bits per heavy atom. The van der Waals surface area contributed by atoms with Crippen molar-refractivity contribution in [1.29, 1.82) is 0 Å². The van der Waals surface area contributed by atoms with Gasteiger partial charge in [-0.05, 0) is 20.0 Å². The van der Waals surface area contributed by atoms with Crippen LogP contribution in [0.4, 0.5) is 0 Å². The van der Waals surface area contributed by atoms with Crippen LogP contribution in [0.25, 0.3) is 0 Å². The Labute approximate surface area is 106 Å². The van der Waals surface area contributed by atoms with Gasteiger partial charge in [-0.3, -0.25) is 4.90 Å². The highest BCUT2D eigenvalue weighted by Crippen LogP contribution is 2.29. The monoisotopic (exact) mass is 237 g/mol. The first-order valence-electron chi connectivity index (χ1n) is 6.41. The summed E-state index contributed by atoms with van der Waals surface area (Å²) in [6, 6.07) is 0. The predicted octanol–water partition coefficient (Wildman–Crippen LogP) is 1.90. The topological polar surface area (TPSA) is 18.5 Å². The van der Waals surface area contributed by atoms with Gasteiger partial charge in [-0.15, -0.1) is 0 Å². The normalized spacial score (nSPS) is 19.9. The average molecular weight is 237 g/mol. The fourth-order valence-electron chi connectivity index (χ4n) is 2.40. The molecular weight excluding hydrogens is 210 g/mol. The molecule has 0 saturated carbocycles. The zero-order valence-corrected chi connectivity index (χ0v) is 11.8. The SMILES string of the molecule is C=CN1CCN(C(C)(C)C(C)C(=C)NC)CC1. The second-order valence-electron chi connectivity index (χ2n) is 5.36.